The van der Waals surface area contributed by atoms with E-state index >= 15 is 0 Å². The van der Waals surface area contributed by atoms with Crippen molar-refractivity contribution in [1.82, 2.24) is 0 Å². The first-order chi connectivity index (χ1) is 22.2. The van der Waals surface area contributed by atoms with Crippen molar-refractivity contribution < 1.29 is 31.1 Å². The third-order valence-electron chi connectivity index (χ3n) is 7.56. The highest BCUT2D eigenvalue weighted by Crippen LogP contribution is 2.34. The van der Waals surface area contributed by atoms with Gasteiger partial charge in [0.15, 0.2) is 0 Å². The Bertz CT molecular complexity index is 1920. The fourth-order valence-corrected chi connectivity index (χ4v) is 9.56. The molecule has 18 heteroatoms. The number of nitrogens with zero attached hydrogens (tertiary/aromatic N) is 4. The van der Waals surface area contributed by atoms with Crippen LogP contribution in [0, 0.1) is 32.0 Å². The monoisotopic (exact) mass is 725 g/mol. The van der Waals surface area contributed by atoms with E-state index in [1.165, 1.54) is 57.6 Å². The highest BCUT2D eigenvalue weighted by atomic mass is 32.3. The molecule has 1 aliphatic carbocycles. The number of benzene rings is 2. The molecule has 13 nitrogen and oxygen atoms in total. The molecule has 2 aromatic carbocycles. The maximum atomic E-state index is 13.2. The van der Waals surface area contributed by atoms with Gasteiger partial charge in [-0.15, -0.1) is 22.7 Å². The highest BCUT2D eigenvalue weighted by molar-refractivity contribution is 7.95. The summed E-state index contributed by atoms with van der Waals surface area (Å²) in [6, 6.07) is 13.6. The molecule has 0 amide bonds. The van der Waals surface area contributed by atoms with Crippen LogP contribution < -0.4 is 13.9 Å². The van der Waals surface area contributed by atoms with Crippen LogP contribution in [0.5, 0.6) is 0 Å². The number of sulfonamides is 2. The number of rotatable bonds is 11. The van der Waals surface area contributed by atoms with E-state index in [0.717, 1.165) is 56.3 Å². The quantitative estimate of drug-likeness (QED) is 0.125. The molecule has 0 unspecified atom stereocenters. The van der Waals surface area contributed by atoms with Gasteiger partial charge >= 0.3 is 5.69 Å². The summed E-state index contributed by atoms with van der Waals surface area (Å²) in [5, 5.41) is 28.7. The summed E-state index contributed by atoms with van der Waals surface area (Å²) in [4.78, 5) is 20.8. The molecule has 0 aliphatic heterocycles. The molecule has 0 radical (unpaired) electrons. The highest BCUT2D eigenvalue weighted by Gasteiger charge is 2.27. The first-order valence-corrected chi connectivity index (χ1v) is 18.9. The van der Waals surface area contributed by atoms with Gasteiger partial charge in [0.25, 0.3) is 25.7 Å². The molecule has 5 rings (SSSR count). The average Bonchev–Trinajstić information content (AvgIpc) is 3.80. The van der Waals surface area contributed by atoms with Gasteiger partial charge in [0, 0.05) is 32.8 Å². The summed E-state index contributed by atoms with van der Waals surface area (Å²) >= 11 is 2.14. The summed E-state index contributed by atoms with van der Waals surface area (Å²) in [6.45, 7) is 0.698. The molecule has 0 bridgehead atoms. The largest absolute Gasteiger partial charge is 0.379 e. The standard InChI is InChI=1S/C18H23N3O4S2.C11H9FN2O4S2/c1-20(27(24,25)18-8-5-11-26-18)15-9-10-16(17(12-15)21(22)23)19-13-14-6-3-2-4-7-14;1-13(20(17,18)11-3-2-6-19-11)8-4-5-9(12)10(7-8)14(15)16/h5,8-12,14,19H,2-4,6-7,13H2,1H3;2-7H,1H3. The third kappa shape index (κ3) is 8.43. The van der Waals surface area contributed by atoms with Crippen molar-refractivity contribution in [2.45, 2.75) is 40.5 Å². The molecule has 0 atom stereocenters. The second kappa shape index (κ2) is 15.2. The smallest absolute Gasteiger partial charge is 0.306 e. The van der Waals surface area contributed by atoms with E-state index in [1.54, 1.807) is 35.0 Å². The molecular formula is C29H32FN5O8S4. The van der Waals surface area contributed by atoms with Gasteiger partial charge in [-0.05, 0) is 65.9 Å². The number of thiophene rings is 2. The van der Waals surface area contributed by atoms with Gasteiger partial charge in [0.1, 0.15) is 14.1 Å². The summed E-state index contributed by atoms with van der Waals surface area (Å²) < 4.78 is 65.3. The van der Waals surface area contributed by atoms with Gasteiger partial charge < -0.3 is 5.32 Å². The lowest BCUT2D eigenvalue weighted by Crippen LogP contribution is -2.26. The molecular weight excluding hydrogens is 694 g/mol. The van der Waals surface area contributed by atoms with Crippen LogP contribution in [0.4, 0.5) is 32.8 Å². The van der Waals surface area contributed by atoms with Crippen LogP contribution in [0.1, 0.15) is 32.1 Å². The normalized spacial score (nSPS) is 13.7. The fourth-order valence-electron chi connectivity index (χ4n) is 4.87. The Hall–Kier alpha value is -4.13. The number of nitro groups is 2. The number of hydrogen-bond acceptors (Lipinski definition) is 11. The minimum absolute atomic E-state index is 0.0199. The van der Waals surface area contributed by atoms with Crippen LogP contribution in [0.3, 0.4) is 0 Å². The van der Waals surface area contributed by atoms with Crippen LogP contribution in [0.2, 0.25) is 0 Å². The summed E-state index contributed by atoms with van der Waals surface area (Å²) in [5.41, 5.74) is -0.173. The summed E-state index contributed by atoms with van der Waals surface area (Å²) in [7, 11) is -4.86. The van der Waals surface area contributed by atoms with E-state index < -0.39 is 41.4 Å². The molecule has 0 saturated heterocycles. The number of nitrogens with one attached hydrogen (secondary N) is 1. The molecule has 1 saturated carbocycles. The van der Waals surface area contributed by atoms with Crippen molar-refractivity contribution in [3.8, 4) is 0 Å². The van der Waals surface area contributed by atoms with Crippen molar-refractivity contribution in [3.63, 3.8) is 0 Å². The van der Waals surface area contributed by atoms with Crippen LogP contribution >= 0.6 is 22.7 Å². The molecule has 0 spiro atoms. The van der Waals surface area contributed by atoms with Gasteiger partial charge in [-0.1, -0.05) is 31.4 Å². The van der Waals surface area contributed by atoms with Crippen molar-refractivity contribution in [3.05, 3.63) is 97.5 Å². The molecule has 1 N–H and O–H groups in total. The molecule has 1 aliphatic rings. The molecule has 1 fully saturated rings. The Morgan fingerprint density at radius 1 is 0.787 bits per heavy atom. The van der Waals surface area contributed by atoms with E-state index in [-0.39, 0.29) is 25.5 Å². The predicted octanol–water partition coefficient (Wildman–Crippen LogP) is 7.09. The van der Waals surface area contributed by atoms with Crippen LogP contribution in [-0.2, 0) is 20.0 Å². The van der Waals surface area contributed by atoms with Gasteiger partial charge in [-0.25, -0.2) is 16.8 Å². The number of anilines is 3. The lowest BCUT2D eigenvalue weighted by atomic mass is 9.89. The summed E-state index contributed by atoms with van der Waals surface area (Å²) in [5.74, 6) is -0.486. The second-order valence-corrected chi connectivity index (χ2v) is 16.8. The fraction of sp³-hybridized carbons (Fsp3) is 0.310. The van der Waals surface area contributed by atoms with Crippen LogP contribution in [0.25, 0.3) is 0 Å². The second-order valence-electron chi connectivity index (χ2n) is 10.5. The predicted molar refractivity (Wildman–Crippen MR) is 181 cm³/mol. The third-order valence-corrected chi connectivity index (χ3v) is 13.9. The zero-order valence-corrected chi connectivity index (χ0v) is 28.6. The van der Waals surface area contributed by atoms with E-state index in [9.17, 15) is 41.5 Å². The first-order valence-electron chi connectivity index (χ1n) is 14.2. The molecule has 2 heterocycles. The number of halogens is 1. The van der Waals surface area contributed by atoms with E-state index in [4.69, 9.17) is 0 Å². The average molecular weight is 726 g/mol. The lowest BCUT2D eigenvalue weighted by molar-refractivity contribution is -0.387. The lowest BCUT2D eigenvalue weighted by Gasteiger charge is -2.23. The Morgan fingerprint density at radius 3 is 1.74 bits per heavy atom. The SMILES string of the molecule is CN(c1ccc(F)c([N+](=O)[O-])c1)S(=O)(=O)c1cccs1.CN(c1ccc(NCC2CCCCC2)c([N+](=O)[O-])c1)S(=O)(=O)c1cccs1. The van der Waals surface area contributed by atoms with Gasteiger partial charge in [0.05, 0.1) is 21.2 Å². The molecule has 2 aromatic heterocycles. The Kier molecular flexibility index (Phi) is 11.5. The first kappa shape index (κ1) is 35.7. The molecule has 4 aromatic rings. The topological polar surface area (TPSA) is 173 Å². The Labute approximate surface area is 279 Å². The van der Waals surface area contributed by atoms with Crippen LogP contribution in [-0.4, -0.2) is 47.3 Å². The van der Waals surface area contributed by atoms with Crippen molar-refractivity contribution in [1.29, 1.82) is 0 Å². The Morgan fingerprint density at radius 2 is 1.28 bits per heavy atom. The zero-order valence-electron chi connectivity index (χ0n) is 25.3. The van der Waals surface area contributed by atoms with E-state index in [2.05, 4.69) is 5.32 Å². The maximum absolute atomic E-state index is 13.2. The minimum atomic E-state index is -3.80. The van der Waals surface area contributed by atoms with Gasteiger partial charge in [0.2, 0.25) is 5.82 Å². The van der Waals surface area contributed by atoms with E-state index in [1.807, 2.05) is 0 Å². The molecule has 252 valence electrons. The van der Waals surface area contributed by atoms with Crippen molar-refractivity contribution in [2.24, 2.45) is 5.92 Å². The number of hydrogen-bond donors (Lipinski definition) is 1. The van der Waals surface area contributed by atoms with Crippen molar-refractivity contribution >= 4 is 71.2 Å². The number of nitro benzene ring substituents is 2. The van der Waals surface area contributed by atoms with Gasteiger partial charge in [-0.2, -0.15) is 4.39 Å². The van der Waals surface area contributed by atoms with Gasteiger partial charge in [-0.3, -0.25) is 28.8 Å². The minimum Gasteiger partial charge on any atom is -0.379 e. The van der Waals surface area contributed by atoms with E-state index in [0.29, 0.717) is 18.2 Å². The zero-order chi connectivity index (χ0) is 34.4. The van der Waals surface area contributed by atoms with Crippen LogP contribution in [0.15, 0.2) is 79.8 Å². The summed E-state index contributed by atoms with van der Waals surface area (Å²) in [6.07, 6.45) is 5.95. The van der Waals surface area contributed by atoms with Crippen molar-refractivity contribution in [2.75, 3.05) is 34.6 Å². The molecule has 47 heavy (non-hydrogen) atoms. The maximum Gasteiger partial charge on any atom is 0.306 e. The Balaban J connectivity index is 0.000000223.